The number of nitrogens with one attached hydrogen (secondary N) is 1. The van der Waals surface area contributed by atoms with Crippen molar-refractivity contribution < 1.29 is 4.79 Å². The lowest BCUT2D eigenvalue weighted by Gasteiger charge is -2.08. The maximum atomic E-state index is 11.8. The predicted octanol–water partition coefficient (Wildman–Crippen LogP) is 4.30. The molecule has 0 aliphatic rings. The average Bonchev–Trinajstić information content (AvgIpc) is 2.37. The van der Waals surface area contributed by atoms with E-state index in [-0.39, 0.29) is 5.24 Å². The number of hydrogen-bond donors (Lipinski definition) is 1. The first-order valence-electron chi connectivity index (χ1n) is 6.10. The van der Waals surface area contributed by atoms with E-state index in [0.717, 1.165) is 16.8 Å². The number of carbonyl (C=O) groups is 1. The van der Waals surface area contributed by atoms with Gasteiger partial charge in [-0.15, -0.1) is 0 Å². The maximum Gasteiger partial charge on any atom is 0.283 e. The predicted molar refractivity (Wildman–Crippen MR) is 78.0 cm³/mol. The third kappa shape index (κ3) is 3.26. The summed E-state index contributed by atoms with van der Waals surface area (Å²) >= 11 is 1.27. The van der Waals surface area contributed by atoms with Crippen molar-refractivity contribution in [3.05, 3.63) is 42.5 Å². The Labute approximate surface area is 112 Å². The van der Waals surface area contributed by atoms with E-state index in [2.05, 4.69) is 31.3 Å². The molecule has 0 aromatic heterocycles. The van der Waals surface area contributed by atoms with Crippen LogP contribution >= 0.6 is 11.8 Å². The summed E-state index contributed by atoms with van der Waals surface area (Å²) in [6.07, 6.45) is 0. The van der Waals surface area contributed by atoms with E-state index in [1.54, 1.807) is 0 Å². The van der Waals surface area contributed by atoms with E-state index < -0.39 is 0 Å². The van der Waals surface area contributed by atoms with Crippen molar-refractivity contribution in [3.8, 4) is 0 Å². The van der Waals surface area contributed by atoms with Crippen LogP contribution in [0.15, 0.2) is 47.4 Å². The second-order valence-electron chi connectivity index (χ2n) is 4.64. The van der Waals surface area contributed by atoms with Crippen LogP contribution in [0.2, 0.25) is 0 Å². The molecule has 1 N–H and O–H groups in total. The summed E-state index contributed by atoms with van der Waals surface area (Å²) in [4.78, 5) is 12.8. The molecule has 2 aromatic rings. The second-order valence-corrected chi connectivity index (χ2v) is 5.66. The van der Waals surface area contributed by atoms with Gasteiger partial charge >= 0.3 is 0 Å². The Morgan fingerprint density at radius 3 is 2.67 bits per heavy atom. The fourth-order valence-corrected chi connectivity index (χ4v) is 2.51. The summed E-state index contributed by atoms with van der Waals surface area (Å²) in [6.45, 7) is 4.89. The number of benzene rings is 2. The summed E-state index contributed by atoms with van der Waals surface area (Å²) in [5, 5.41) is 5.23. The molecule has 0 aliphatic carbocycles. The molecule has 0 atom stereocenters. The van der Waals surface area contributed by atoms with Gasteiger partial charge in [0.25, 0.3) is 5.24 Å². The van der Waals surface area contributed by atoms with Crippen molar-refractivity contribution in [2.75, 3.05) is 6.54 Å². The fraction of sp³-hybridized carbons (Fsp3) is 0.267. The number of hydrogen-bond acceptors (Lipinski definition) is 2. The molecule has 2 aromatic carbocycles. The molecule has 0 bridgehead atoms. The summed E-state index contributed by atoms with van der Waals surface area (Å²) in [6, 6.07) is 14.2. The second kappa shape index (κ2) is 5.91. The smallest absolute Gasteiger partial charge is 0.283 e. The highest BCUT2D eigenvalue weighted by molar-refractivity contribution is 8.13. The van der Waals surface area contributed by atoms with Gasteiger partial charge in [0.05, 0.1) is 0 Å². The zero-order valence-electron chi connectivity index (χ0n) is 10.6. The van der Waals surface area contributed by atoms with Crippen LogP contribution in [0.3, 0.4) is 0 Å². The minimum Gasteiger partial charge on any atom is -0.346 e. The zero-order valence-corrected chi connectivity index (χ0v) is 11.5. The molecule has 0 radical (unpaired) electrons. The normalized spacial score (nSPS) is 10.8. The molecular weight excluding hydrogens is 242 g/mol. The van der Waals surface area contributed by atoms with Gasteiger partial charge in [-0.25, -0.2) is 0 Å². The van der Waals surface area contributed by atoms with Crippen molar-refractivity contribution >= 4 is 27.8 Å². The lowest BCUT2D eigenvalue weighted by Crippen LogP contribution is -2.23. The van der Waals surface area contributed by atoms with Crippen molar-refractivity contribution in [2.24, 2.45) is 5.92 Å². The van der Waals surface area contributed by atoms with Crippen LogP contribution in [0.5, 0.6) is 0 Å². The molecule has 2 rings (SSSR count). The van der Waals surface area contributed by atoms with Crippen LogP contribution in [-0.4, -0.2) is 11.8 Å². The molecular formula is C15H17NOS. The van der Waals surface area contributed by atoms with Gasteiger partial charge in [-0.1, -0.05) is 50.2 Å². The van der Waals surface area contributed by atoms with Crippen LogP contribution in [0.4, 0.5) is 4.79 Å². The molecule has 18 heavy (non-hydrogen) atoms. The Morgan fingerprint density at radius 1 is 1.17 bits per heavy atom. The lowest BCUT2D eigenvalue weighted by molar-refractivity contribution is 0.259. The number of carbonyl (C=O) groups excluding carboxylic acids is 1. The third-order valence-electron chi connectivity index (χ3n) is 2.61. The Bertz CT molecular complexity index is 546. The fourth-order valence-electron chi connectivity index (χ4n) is 1.71. The number of amides is 1. The molecule has 0 fully saturated rings. The van der Waals surface area contributed by atoms with Crippen molar-refractivity contribution in [1.82, 2.24) is 5.32 Å². The summed E-state index contributed by atoms with van der Waals surface area (Å²) in [5.74, 6) is 0.474. The topological polar surface area (TPSA) is 29.1 Å². The van der Waals surface area contributed by atoms with E-state index in [0.29, 0.717) is 5.92 Å². The van der Waals surface area contributed by atoms with Gasteiger partial charge in [0.2, 0.25) is 0 Å². The molecule has 0 saturated heterocycles. The SMILES string of the molecule is CC(C)CNC(=O)Sc1cccc2ccccc12. The minimum absolute atomic E-state index is 0.0139. The Hall–Kier alpha value is -1.48. The average molecular weight is 259 g/mol. The first kappa shape index (κ1) is 13.0. The van der Waals surface area contributed by atoms with E-state index in [1.165, 1.54) is 17.1 Å². The van der Waals surface area contributed by atoms with Crippen LogP contribution in [0, 0.1) is 5.92 Å². The number of rotatable bonds is 3. The highest BCUT2D eigenvalue weighted by atomic mass is 32.2. The van der Waals surface area contributed by atoms with Gasteiger partial charge < -0.3 is 5.32 Å². The van der Waals surface area contributed by atoms with Gasteiger partial charge in [-0.05, 0) is 34.5 Å². The molecule has 0 spiro atoms. The molecule has 0 aliphatic heterocycles. The Balaban J connectivity index is 2.14. The molecule has 1 amide bonds. The third-order valence-corrected chi connectivity index (χ3v) is 3.51. The lowest BCUT2D eigenvalue weighted by atomic mass is 10.1. The first-order chi connectivity index (χ1) is 8.66. The zero-order chi connectivity index (χ0) is 13.0. The quantitative estimate of drug-likeness (QED) is 0.833. The standard InChI is InChI=1S/C15H17NOS/c1-11(2)10-16-15(17)18-14-9-5-7-12-6-3-4-8-13(12)14/h3-9,11H,10H2,1-2H3,(H,16,17). The van der Waals surface area contributed by atoms with E-state index >= 15 is 0 Å². The van der Waals surface area contributed by atoms with E-state index in [4.69, 9.17) is 0 Å². The maximum absolute atomic E-state index is 11.8. The Morgan fingerprint density at radius 2 is 1.89 bits per heavy atom. The molecule has 2 nitrogen and oxygen atoms in total. The summed E-state index contributed by atoms with van der Waals surface area (Å²) < 4.78 is 0. The number of fused-ring (bicyclic) bond motifs is 1. The summed E-state index contributed by atoms with van der Waals surface area (Å²) in [7, 11) is 0. The molecule has 0 saturated carbocycles. The van der Waals surface area contributed by atoms with Crippen LogP contribution in [0.25, 0.3) is 10.8 Å². The van der Waals surface area contributed by atoms with Crippen molar-refractivity contribution in [1.29, 1.82) is 0 Å². The van der Waals surface area contributed by atoms with Crippen LogP contribution in [0.1, 0.15) is 13.8 Å². The van der Waals surface area contributed by atoms with Crippen molar-refractivity contribution in [3.63, 3.8) is 0 Å². The summed E-state index contributed by atoms with van der Waals surface area (Å²) in [5.41, 5.74) is 0. The largest absolute Gasteiger partial charge is 0.346 e. The highest BCUT2D eigenvalue weighted by Crippen LogP contribution is 2.27. The Kier molecular flexibility index (Phi) is 4.26. The van der Waals surface area contributed by atoms with E-state index in [1.807, 2.05) is 30.3 Å². The highest BCUT2D eigenvalue weighted by Gasteiger charge is 2.07. The van der Waals surface area contributed by atoms with Gasteiger partial charge in [0.15, 0.2) is 0 Å². The molecule has 3 heteroatoms. The van der Waals surface area contributed by atoms with E-state index in [9.17, 15) is 4.79 Å². The number of thioether (sulfide) groups is 1. The first-order valence-corrected chi connectivity index (χ1v) is 6.92. The van der Waals surface area contributed by atoms with Gasteiger partial charge in [-0.3, -0.25) is 4.79 Å². The monoisotopic (exact) mass is 259 g/mol. The van der Waals surface area contributed by atoms with Crippen LogP contribution < -0.4 is 5.32 Å². The van der Waals surface area contributed by atoms with Crippen LogP contribution in [-0.2, 0) is 0 Å². The van der Waals surface area contributed by atoms with Gasteiger partial charge in [0.1, 0.15) is 0 Å². The van der Waals surface area contributed by atoms with Gasteiger partial charge in [-0.2, -0.15) is 0 Å². The molecule has 0 unspecified atom stereocenters. The minimum atomic E-state index is 0.0139. The van der Waals surface area contributed by atoms with Crippen molar-refractivity contribution in [2.45, 2.75) is 18.7 Å². The molecule has 0 heterocycles. The molecule has 94 valence electrons. The van der Waals surface area contributed by atoms with Gasteiger partial charge in [0, 0.05) is 11.4 Å².